The quantitative estimate of drug-likeness (QED) is 0.892. The Balaban J connectivity index is 2.15. The summed E-state index contributed by atoms with van der Waals surface area (Å²) in [6.45, 7) is 4.69. The first-order chi connectivity index (χ1) is 9.93. The Hall–Kier alpha value is -0.950. The molecule has 6 heteroatoms. The molecule has 0 saturated carbocycles. The second-order valence-electron chi connectivity index (χ2n) is 5.55. The van der Waals surface area contributed by atoms with Crippen molar-refractivity contribution >= 4 is 10.0 Å². The normalized spacial score (nSPS) is 24.1. The molecule has 1 fully saturated rings. The highest BCUT2D eigenvalue weighted by Crippen LogP contribution is 2.21. The number of benzene rings is 1. The van der Waals surface area contributed by atoms with Crippen LogP contribution in [0.2, 0.25) is 0 Å². The van der Waals surface area contributed by atoms with E-state index in [1.54, 1.807) is 12.1 Å². The molecule has 0 unspecified atom stereocenters. The molecule has 2 atom stereocenters. The van der Waals surface area contributed by atoms with Crippen LogP contribution in [0, 0.1) is 0 Å². The predicted molar refractivity (Wildman–Crippen MR) is 80.6 cm³/mol. The summed E-state index contributed by atoms with van der Waals surface area (Å²) < 4.78 is 32.3. The van der Waals surface area contributed by atoms with Crippen molar-refractivity contribution in [3.63, 3.8) is 0 Å². The van der Waals surface area contributed by atoms with E-state index in [0.717, 1.165) is 12.0 Å². The molecular formula is C15H23NO4S. The van der Waals surface area contributed by atoms with E-state index in [2.05, 4.69) is 0 Å². The number of aliphatic hydroxyl groups excluding tert-OH is 1. The number of hydrogen-bond donors (Lipinski definition) is 1. The minimum absolute atomic E-state index is 0.0904. The zero-order valence-corrected chi connectivity index (χ0v) is 13.3. The van der Waals surface area contributed by atoms with E-state index >= 15 is 0 Å². The molecule has 0 bridgehead atoms. The molecule has 1 heterocycles. The Labute approximate surface area is 126 Å². The summed E-state index contributed by atoms with van der Waals surface area (Å²) >= 11 is 0. The molecule has 2 rings (SSSR count). The Morgan fingerprint density at radius 3 is 2.29 bits per heavy atom. The Morgan fingerprint density at radius 2 is 1.76 bits per heavy atom. The summed E-state index contributed by atoms with van der Waals surface area (Å²) in [5, 5.41) is 8.82. The zero-order chi connectivity index (χ0) is 15.5. The third-order valence-corrected chi connectivity index (χ3v) is 5.42. The van der Waals surface area contributed by atoms with Crippen molar-refractivity contribution in [2.45, 2.75) is 43.8 Å². The number of aryl methyl sites for hydroxylation is 1. The van der Waals surface area contributed by atoms with E-state index < -0.39 is 10.0 Å². The van der Waals surface area contributed by atoms with Crippen molar-refractivity contribution in [1.29, 1.82) is 0 Å². The zero-order valence-electron chi connectivity index (χ0n) is 12.5. The molecule has 0 spiro atoms. The summed E-state index contributed by atoms with van der Waals surface area (Å²) in [6, 6.07) is 6.92. The van der Waals surface area contributed by atoms with Gasteiger partial charge >= 0.3 is 0 Å². The molecule has 1 aliphatic heterocycles. The van der Waals surface area contributed by atoms with Crippen molar-refractivity contribution in [3.05, 3.63) is 29.8 Å². The van der Waals surface area contributed by atoms with Crippen LogP contribution in [0.3, 0.4) is 0 Å². The van der Waals surface area contributed by atoms with E-state index in [0.29, 0.717) is 24.4 Å². The Bertz CT molecular complexity index is 546. The van der Waals surface area contributed by atoms with Gasteiger partial charge in [0.05, 0.1) is 17.1 Å². The summed E-state index contributed by atoms with van der Waals surface area (Å²) in [4.78, 5) is 0.316. The van der Waals surface area contributed by atoms with Gasteiger partial charge in [-0.15, -0.1) is 0 Å². The molecule has 0 aromatic heterocycles. The molecule has 0 aliphatic carbocycles. The van der Waals surface area contributed by atoms with E-state index in [1.165, 1.54) is 4.31 Å². The van der Waals surface area contributed by atoms with Crippen LogP contribution in [0.4, 0.5) is 0 Å². The summed E-state index contributed by atoms with van der Waals surface area (Å²) in [5.41, 5.74) is 1.03. The SMILES string of the molecule is C[C@@H]1CN(S(=O)(=O)c2ccc(CCCO)cc2)C[C@H](C)O1. The highest BCUT2D eigenvalue weighted by atomic mass is 32.2. The van der Waals surface area contributed by atoms with Gasteiger partial charge in [0.25, 0.3) is 0 Å². The number of hydrogen-bond acceptors (Lipinski definition) is 4. The highest BCUT2D eigenvalue weighted by Gasteiger charge is 2.31. The van der Waals surface area contributed by atoms with Crippen molar-refractivity contribution in [1.82, 2.24) is 4.31 Å². The number of aliphatic hydroxyl groups is 1. The van der Waals surface area contributed by atoms with E-state index in [4.69, 9.17) is 9.84 Å². The first-order valence-corrected chi connectivity index (χ1v) is 8.73. The third kappa shape index (κ3) is 4.03. The predicted octanol–water partition coefficient (Wildman–Crippen LogP) is 1.41. The lowest BCUT2D eigenvalue weighted by Crippen LogP contribution is -2.48. The average molecular weight is 313 g/mol. The molecule has 0 radical (unpaired) electrons. The van der Waals surface area contributed by atoms with Gasteiger partial charge < -0.3 is 9.84 Å². The van der Waals surface area contributed by atoms with Gasteiger partial charge in [0.2, 0.25) is 10.0 Å². The maximum Gasteiger partial charge on any atom is 0.243 e. The van der Waals surface area contributed by atoms with Crippen LogP contribution in [0.5, 0.6) is 0 Å². The maximum absolute atomic E-state index is 12.6. The fraction of sp³-hybridized carbons (Fsp3) is 0.600. The van der Waals surface area contributed by atoms with Gasteiger partial charge in [0.15, 0.2) is 0 Å². The van der Waals surface area contributed by atoms with Crippen LogP contribution >= 0.6 is 0 Å². The fourth-order valence-corrected chi connectivity index (χ4v) is 4.18. The van der Waals surface area contributed by atoms with Crippen molar-refractivity contribution in [3.8, 4) is 0 Å². The second kappa shape index (κ2) is 6.87. The van der Waals surface area contributed by atoms with Gasteiger partial charge in [-0.2, -0.15) is 4.31 Å². The van der Waals surface area contributed by atoms with Crippen LogP contribution in [0.1, 0.15) is 25.8 Å². The lowest BCUT2D eigenvalue weighted by molar-refractivity contribution is -0.0440. The minimum Gasteiger partial charge on any atom is -0.396 e. The summed E-state index contributed by atoms with van der Waals surface area (Å²) in [7, 11) is -3.46. The maximum atomic E-state index is 12.6. The Kier molecular flexibility index (Phi) is 5.37. The molecule has 118 valence electrons. The first kappa shape index (κ1) is 16.4. The molecule has 1 N–H and O–H groups in total. The first-order valence-electron chi connectivity index (χ1n) is 7.29. The number of nitrogens with zero attached hydrogens (tertiary/aromatic N) is 1. The molecule has 5 nitrogen and oxygen atoms in total. The lowest BCUT2D eigenvalue weighted by Gasteiger charge is -2.34. The fourth-order valence-electron chi connectivity index (χ4n) is 2.59. The largest absolute Gasteiger partial charge is 0.396 e. The van der Waals surface area contributed by atoms with Crippen LogP contribution in [-0.4, -0.2) is 49.7 Å². The number of rotatable bonds is 5. The van der Waals surface area contributed by atoms with Gasteiger partial charge in [-0.25, -0.2) is 8.42 Å². The lowest BCUT2D eigenvalue weighted by atomic mass is 10.1. The molecule has 1 aromatic carbocycles. The minimum atomic E-state index is -3.46. The van der Waals surface area contributed by atoms with E-state index in [-0.39, 0.29) is 18.8 Å². The number of morpholine rings is 1. The highest BCUT2D eigenvalue weighted by molar-refractivity contribution is 7.89. The second-order valence-corrected chi connectivity index (χ2v) is 7.49. The summed E-state index contributed by atoms with van der Waals surface area (Å²) in [5.74, 6) is 0. The van der Waals surface area contributed by atoms with Gasteiger partial charge in [-0.1, -0.05) is 12.1 Å². The van der Waals surface area contributed by atoms with Crippen molar-refractivity contribution in [2.24, 2.45) is 0 Å². The van der Waals surface area contributed by atoms with Crippen LogP contribution in [0.15, 0.2) is 29.2 Å². The van der Waals surface area contributed by atoms with E-state index in [9.17, 15) is 8.42 Å². The molecule has 21 heavy (non-hydrogen) atoms. The van der Waals surface area contributed by atoms with Gasteiger partial charge in [-0.05, 0) is 44.4 Å². The molecule has 1 aromatic rings. The summed E-state index contributed by atoms with van der Waals surface area (Å²) in [6.07, 6.45) is 1.26. The number of ether oxygens (including phenoxy) is 1. The van der Waals surface area contributed by atoms with Crippen LogP contribution < -0.4 is 0 Å². The Morgan fingerprint density at radius 1 is 1.19 bits per heavy atom. The molecule has 0 amide bonds. The molecule has 1 saturated heterocycles. The smallest absolute Gasteiger partial charge is 0.243 e. The topological polar surface area (TPSA) is 66.8 Å². The monoisotopic (exact) mass is 313 g/mol. The van der Waals surface area contributed by atoms with Crippen LogP contribution in [0.25, 0.3) is 0 Å². The van der Waals surface area contributed by atoms with Gasteiger partial charge in [-0.3, -0.25) is 0 Å². The van der Waals surface area contributed by atoms with Crippen molar-refractivity contribution < 1.29 is 18.3 Å². The third-order valence-electron chi connectivity index (χ3n) is 3.57. The van der Waals surface area contributed by atoms with Gasteiger partial charge in [0.1, 0.15) is 0 Å². The molecule has 1 aliphatic rings. The van der Waals surface area contributed by atoms with Crippen LogP contribution in [-0.2, 0) is 21.2 Å². The molecular weight excluding hydrogens is 290 g/mol. The van der Waals surface area contributed by atoms with E-state index in [1.807, 2.05) is 26.0 Å². The standard InChI is InChI=1S/C15H23NO4S/c1-12-10-16(11-13(2)20-12)21(18,19)15-7-5-14(6-8-15)4-3-9-17/h5-8,12-13,17H,3-4,9-11H2,1-2H3/t12-,13+. The number of sulfonamides is 1. The average Bonchev–Trinajstić information content (AvgIpc) is 2.44. The van der Waals surface area contributed by atoms with Crippen molar-refractivity contribution in [2.75, 3.05) is 19.7 Å². The van der Waals surface area contributed by atoms with Gasteiger partial charge in [0, 0.05) is 19.7 Å².